The van der Waals surface area contributed by atoms with Crippen LogP contribution in [0.4, 0.5) is 0 Å². The van der Waals surface area contributed by atoms with Crippen molar-refractivity contribution in [3.8, 4) is 0 Å². The zero-order chi connectivity index (χ0) is 15.2. The molecule has 0 aromatic heterocycles. The predicted octanol–water partition coefficient (Wildman–Crippen LogP) is 3.92. The minimum absolute atomic E-state index is 0.00251. The highest BCUT2D eigenvalue weighted by molar-refractivity contribution is 5.94. The molecule has 0 spiro atoms. The fourth-order valence-electron chi connectivity index (χ4n) is 2.39. The van der Waals surface area contributed by atoms with Crippen LogP contribution < -0.4 is 5.32 Å². The first-order chi connectivity index (χ1) is 10.1. The first-order valence-electron chi connectivity index (χ1n) is 7.50. The SMILES string of the molecule is Cc1cc(C(=O)NC(C)C)ccc1CCc1ccccc1. The highest BCUT2D eigenvalue weighted by Crippen LogP contribution is 2.14. The summed E-state index contributed by atoms with van der Waals surface area (Å²) in [5, 5.41) is 2.92. The van der Waals surface area contributed by atoms with E-state index in [1.807, 2.05) is 32.0 Å². The van der Waals surface area contributed by atoms with Crippen LogP contribution in [0.3, 0.4) is 0 Å². The summed E-state index contributed by atoms with van der Waals surface area (Å²) in [6.07, 6.45) is 2.03. The Kier molecular flexibility index (Phi) is 5.15. The Morgan fingerprint density at radius 1 is 1.05 bits per heavy atom. The topological polar surface area (TPSA) is 29.1 Å². The second-order valence-corrected chi connectivity index (χ2v) is 5.76. The summed E-state index contributed by atoms with van der Waals surface area (Å²) in [6, 6.07) is 16.6. The number of amides is 1. The van der Waals surface area contributed by atoms with Crippen LogP contribution in [0.15, 0.2) is 48.5 Å². The molecule has 0 aliphatic heterocycles. The Balaban J connectivity index is 2.04. The summed E-state index contributed by atoms with van der Waals surface area (Å²) in [6.45, 7) is 6.02. The van der Waals surface area contributed by atoms with Crippen LogP contribution in [0.5, 0.6) is 0 Å². The van der Waals surface area contributed by atoms with Crippen molar-refractivity contribution in [3.05, 3.63) is 70.8 Å². The monoisotopic (exact) mass is 281 g/mol. The minimum Gasteiger partial charge on any atom is -0.350 e. The van der Waals surface area contributed by atoms with Crippen molar-refractivity contribution in [1.82, 2.24) is 5.32 Å². The third-order valence-corrected chi connectivity index (χ3v) is 3.55. The van der Waals surface area contributed by atoms with Gasteiger partial charge in [0.15, 0.2) is 0 Å². The number of carbonyl (C=O) groups is 1. The molecule has 0 aliphatic carbocycles. The molecule has 0 radical (unpaired) electrons. The summed E-state index contributed by atoms with van der Waals surface area (Å²) in [7, 11) is 0. The molecule has 0 unspecified atom stereocenters. The Bertz CT molecular complexity index is 602. The molecule has 2 heteroatoms. The van der Waals surface area contributed by atoms with E-state index >= 15 is 0 Å². The van der Waals surface area contributed by atoms with Crippen LogP contribution in [-0.4, -0.2) is 11.9 Å². The smallest absolute Gasteiger partial charge is 0.251 e. The number of rotatable bonds is 5. The van der Waals surface area contributed by atoms with E-state index in [9.17, 15) is 4.79 Å². The third kappa shape index (κ3) is 4.45. The molecular formula is C19H23NO. The van der Waals surface area contributed by atoms with Gasteiger partial charge in [0.2, 0.25) is 0 Å². The highest BCUT2D eigenvalue weighted by Gasteiger charge is 2.08. The lowest BCUT2D eigenvalue weighted by Crippen LogP contribution is -2.30. The first-order valence-corrected chi connectivity index (χ1v) is 7.50. The Labute approximate surface area is 127 Å². The first kappa shape index (κ1) is 15.3. The van der Waals surface area contributed by atoms with E-state index in [4.69, 9.17) is 0 Å². The number of carbonyl (C=O) groups excluding carboxylic acids is 1. The van der Waals surface area contributed by atoms with Gasteiger partial charge in [-0.25, -0.2) is 0 Å². The number of aryl methyl sites for hydroxylation is 3. The lowest BCUT2D eigenvalue weighted by molar-refractivity contribution is 0.0943. The molecule has 110 valence electrons. The van der Waals surface area contributed by atoms with Gasteiger partial charge in [0.05, 0.1) is 0 Å². The molecule has 2 rings (SSSR count). The summed E-state index contributed by atoms with van der Waals surface area (Å²) in [5.41, 5.74) is 4.57. The van der Waals surface area contributed by atoms with Crippen LogP contribution in [0.1, 0.15) is 40.9 Å². The van der Waals surface area contributed by atoms with Crippen LogP contribution in [-0.2, 0) is 12.8 Å². The van der Waals surface area contributed by atoms with Gasteiger partial charge < -0.3 is 5.32 Å². The molecule has 0 heterocycles. The fraction of sp³-hybridized carbons (Fsp3) is 0.316. The maximum Gasteiger partial charge on any atom is 0.251 e. The maximum absolute atomic E-state index is 12.0. The molecule has 2 aromatic carbocycles. The summed E-state index contributed by atoms with van der Waals surface area (Å²) >= 11 is 0. The van der Waals surface area contributed by atoms with Gasteiger partial charge in [-0.15, -0.1) is 0 Å². The van der Waals surface area contributed by atoms with Gasteiger partial charge in [-0.1, -0.05) is 36.4 Å². The lowest BCUT2D eigenvalue weighted by atomic mass is 9.98. The third-order valence-electron chi connectivity index (χ3n) is 3.55. The molecule has 21 heavy (non-hydrogen) atoms. The Hall–Kier alpha value is -2.09. The van der Waals surface area contributed by atoms with Crippen molar-refractivity contribution in [1.29, 1.82) is 0 Å². The van der Waals surface area contributed by atoms with Crippen molar-refractivity contribution in [2.45, 2.75) is 39.7 Å². The van der Waals surface area contributed by atoms with Crippen LogP contribution >= 0.6 is 0 Å². The molecular weight excluding hydrogens is 258 g/mol. The summed E-state index contributed by atoms with van der Waals surface area (Å²) in [4.78, 5) is 12.0. The molecule has 0 saturated heterocycles. The molecule has 1 amide bonds. The number of hydrogen-bond donors (Lipinski definition) is 1. The minimum atomic E-state index is 0.00251. The van der Waals surface area contributed by atoms with E-state index in [2.05, 4.69) is 42.6 Å². The van der Waals surface area contributed by atoms with Crippen molar-refractivity contribution in [3.63, 3.8) is 0 Å². The van der Waals surface area contributed by atoms with Gasteiger partial charge in [-0.3, -0.25) is 4.79 Å². The number of hydrogen-bond acceptors (Lipinski definition) is 1. The van der Waals surface area contributed by atoms with E-state index in [-0.39, 0.29) is 11.9 Å². The zero-order valence-electron chi connectivity index (χ0n) is 13.0. The van der Waals surface area contributed by atoms with Gasteiger partial charge in [0, 0.05) is 11.6 Å². The van der Waals surface area contributed by atoms with Crippen LogP contribution in [0.2, 0.25) is 0 Å². The Morgan fingerprint density at radius 2 is 1.76 bits per heavy atom. The van der Waals surface area contributed by atoms with Gasteiger partial charge >= 0.3 is 0 Å². The van der Waals surface area contributed by atoms with Gasteiger partial charge in [-0.2, -0.15) is 0 Å². The van der Waals surface area contributed by atoms with E-state index in [1.165, 1.54) is 16.7 Å². The lowest BCUT2D eigenvalue weighted by Gasteiger charge is -2.11. The quantitative estimate of drug-likeness (QED) is 0.884. The average Bonchev–Trinajstić information content (AvgIpc) is 2.46. The molecule has 1 N–H and O–H groups in total. The zero-order valence-corrected chi connectivity index (χ0v) is 13.0. The normalized spacial score (nSPS) is 10.7. The Morgan fingerprint density at radius 3 is 2.38 bits per heavy atom. The highest BCUT2D eigenvalue weighted by atomic mass is 16.1. The molecule has 0 aliphatic rings. The second-order valence-electron chi connectivity index (χ2n) is 5.76. The molecule has 0 saturated carbocycles. The molecule has 2 nitrogen and oxygen atoms in total. The van der Waals surface area contributed by atoms with E-state index in [0.29, 0.717) is 0 Å². The van der Waals surface area contributed by atoms with E-state index in [0.717, 1.165) is 18.4 Å². The standard InChI is InChI=1S/C19H23NO/c1-14(2)20-19(21)18-12-11-17(15(3)13-18)10-9-16-7-5-4-6-8-16/h4-8,11-14H,9-10H2,1-3H3,(H,20,21). The maximum atomic E-state index is 12.0. The fourth-order valence-corrected chi connectivity index (χ4v) is 2.39. The van der Waals surface area contributed by atoms with Crippen molar-refractivity contribution < 1.29 is 4.79 Å². The average molecular weight is 281 g/mol. The summed E-state index contributed by atoms with van der Waals surface area (Å²) in [5.74, 6) is 0.00251. The molecule has 0 fully saturated rings. The number of nitrogens with one attached hydrogen (secondary N) is 1. The van der Waals surface area contributed by atoms with Gasteiger partial charge in [-0.05, 0) is 62.4 Å². The molecule has 2 aromatic rings. The molecule has 0 bridgehead atoms. The van der Waals surface area contributed by atoms with Crippen LogP contribution in [0, 0.1) is 6.92 Å². The van der Waals surface area contributed by atoms with Gasteiger partial charge in [0.1, 0.15) is 0 Å². The van der Waals surface area contributed by atoms with Crippen molar-refractivity contribution >= 4 is 5.91 Å². The summed E-state index contributed by atoms with van der Waals surface area (Å²) < 4.78 is 0. The largest absolute Gasteiger partial charge is 0.350 e. The van der Waals surface area contributed by atoms with E-state index < -0.39 is 0 Å². The van der Waals surface area contributed by atoms with E-state index in [1.54, 1.807) is 0 Å². The van der Waals surface area contributed by atoms with Gasteiger partial charge in [0.25, 0.3) is 5.91 Å². The van der Waals surface area contributed by atoms with Crippen LogP contribution in [0.25, 0.3) is 0 Å². The van der Waals surface area contributed by atoms with Crippen molar-refractivity contribution in [2.75, 3.05) is 0 Å². The molecule has 0 atom stereocenters. The number of benzene rings is 2. The predicted molar refractivity (Wildman–Crippen MR) is 87.6 cm³/mol. The second kappa shape index (κ2) is 7.07. The van der Waals surface area contributed by atoms with Crippen molar-refractivity contribution in [2.24, 2.45) is 0 Å².